The maximum absolute atomic E-state index is 12.2. The van der Waals surface area contributed by atoms with Gasteiger partial charge in [-0.3, -0.25) is 8.98 Å². The van der Waals surface area contributed by atoms with E-state index in [2.05, 4.69) is 46.5 Å². The fourth-order valence-corrected chi connectivity index (χ4v) is 6.39. The lowest BCUT2D eigenvalue weighted by Crippen LogP contribution is -2.44. The molecule has 0 bridgehead atoms. The highest BCUT2D eigenvalue weighted by molar-refractivity contribution is 7.86. The van der Waals surface area contributed by atoms with Crippen molar-refractivity contribution in [2.24, 2.45) is 11.8 Å². The zero-order valence-corrected chi connectivity index (χ0v) is 26.1. The first kappa shape index (κ1) is 33.2. The Kier molecular flexibility index (Phi) is 13.2. The van der Waals surface area contributed by atoms with Crippen LogP contribution in [-0.2, 0) is 37.7 Å². The van der Waals surface area contributed by atoms with Crippen molar-refractivity contribution in [1.82, 2.24) is 0 Å². The Hall–Kier alpha value is -1.04. The summed E-state index contributed by atoms with van der Waals surface area (Å²) in [6, 6.07) is 0. The quantitative estimate of drug-likeness (QED) is 0.0802. The van der Waals surface area contributed by atoms with Gasteiger partial charge in [-0.05, 0) is 62.6 Å². The topological polar surface area (TPSA) is 97.4 Å². The predicted octanol–water partition coefficient (Wildman–Crippen LogP) is 5.75. The number of rotatable bonds is 15. The van der Waals surface area contributed by atoms with Crippen molar-refractivity contribution >= 4 is 24.4 Å². The fraction of sp³-hybridized carbons (Fsp3) is 0.821. The molecule has 1 unspecified atom stereocenters. The van der Waals surface area contributed by atoms with Gasteiger partial charge in [-0.2, -0.15) is 8.42 Å². The third-order valence-electron chi connectivity index (χ3n) is 7.86. The summed E-state index contributed by atoms with van der Waals surface area (Å²) in [5.74, 6) is -0.347. The fourth-order valence-electron chi connectivity index (χ4n) is 4.67. The van der Waals surface area contributed by atoms with Crippen molar-refractivity contribution < 1.29 is 36.0 Å². The molecule has 0 amide bonds. The van der Waals surface area contributed by atoms with Crippen LogP contribution in [0.1, 0.15) is 72.1 Å². The lowest BCUT2D eigenvalue weighted by Gasteiger charge is -2.38. The van der Waals surface area contributed by atoms with Crippen LogP contribution in [-0.4, -0.2) is 67.3 Å². The molecule has 38 heavy (non-hydrogen) atoms. The van der Waals surface area contributed by atoms with Gasteiger partial charge in [0, 0.05) is 32.0 Å². The first-order chi connectivity index (χ1) is 17.7. The van der Waals surface area contributed by atoms with Gasteiger partial charge in [-0.25, -0.2) is 0 Å². The van der Waals surface area contributed by atoms with E-state index < -0.39 is 24.5 Å². The molecule has 10 heteroatoms. The van der Waals surface area contributed by atoms with Gasteiger partial charge in [0.25, 0.3) is 10.1 Å². The first-order valence-electron chi connectivity index (χ1n) is 13.9. The van der Waals surface area contributed by atoms with Crippen LogP contribution < -0.4 is 0 Å². The summed E-state index contributed by atoms with van der Waals surface area (Å²) < 4.78 is 53.9. The lowest BCUT2D eigenvalue weighted by atomic mass is 9.91. The molecule has 0 aromatic heterocycles. The SMILES string of the molecule is C=CCOC(=O)CCC/C=C\C[C@@H]1[C@@H](CO[Si](C)(C)C(C)(C)C)[C@H](OC2CCCCO2)C[C@@H]1OS(C)(=O)=O. The van der Waals surface area contributed by atoms with Gasteiger partial charge in [0.2, 0.25) is 0 Å². The highest BCUT2D eigenvalue weighted by atomic mass is 32.2. The third-order valence-corrected chi connectivity index (χ3v) is 13.0. The number of unbranched alkanes of at least 4 members (excludes halogenated alkanes) is 1. The number of carbonyl (C=O) groups excluding carboxylic acids is 1. The highest BCUT2D eigenvalue weighted by Crippen LogP contribution is 2.43. The molecule has 2 aliphatic rings. The average Bonchev–Trinajstić information content (AvgIpc) is 3.12. The van der Waals surface area contributed by atoms with Crippen LogP contribution in [0.25, 0.3) is 0 Å². The molecule has 2 fully saturated rings. The van der Waals surface area contributed by atoms with E-state index in [9.17, 15) is 13.2 Å². The second kappa shape index (κ2) is 15.1. The molecule has 1 aliphatic heterocycles. The molecular weight excluding hydrogens is 524 g/mol. The van der Waals surface area contributed by atoms with Gasteiger partial charge < -0.3 is 18.6 Å². The molecular formula is C28H50O8SSi. The molecule has 0 aromatic carbocycles. The van der Waals surface area contributed by atoms with Gasteiger partial charge in [0.15, 0.2) is 14.6 Å². The van der Waals surface area contributed by atoms with Crippen molar-refractivity contribution in [2.45, 2.75) is 109 Å². The van der Waals surface area contributed by atoms with Gasteiger partial charge in [0.05, 0.1) is 18.5 Å². The minimum absolute atomic E-state index is 0.0278. The molecule has 1 aliphatic carbocycles. The molecule has 0 aromatic rings. The molecule has 0 radical (unpaired) electrons. The minimum atomic E-state index is -3.64. The maximum atomic E-state index is 12.2. The summed E-state index contributed by atoms with van der Waals surface area (Å²) in [6.45, 7) is 16.0. The molecule has 5 atom stereocenters. The van der Waals surface area contributed by atoms with Crippen LogP contribution in [0.15, 0.2) is 24.8 Å². The second-order valence-corrected chi connectivity index (χ2v) is 18.4. The number of hydrogen-bond acceptors (Lipinski definition) is 8. The molecule has 220 valence electrons. The smallest absolute Gasteiger partial charge is 0.306 e. The van der Waals surface area contributed by atoms with Crippen LogP contribution in [0.4, 0.5) is 0 Å². The lowest BCUT2D eigenvalue weighted by molar-refractivity contribution is -0.197. The Bertz CT molecular complexity index is 874. The first-order valence-corrected chi connectivity index (χ1v) is 18.7. The maximum Gasteiger partial charge on any atom is 0.306 e. The summed E-state index contributed by atoms with van der Waals surface area (Å²) >= 11 is 0. The van der Waals surface area contributed by atoms with E-state index in [0.717, 1.165) is 31.9 Å². The highest BCUT2D eigenvalue weighted by Gasteiger charge is 2.48. The van der Waals surface area contributed by atoms with E-state index in [1.807, 2.05) is 6.08 Å². The van der Waals surface area contributed by atoms with E-state index in [-0.39, 0.29) is 41.8 Å². The molecule has 1 saturated heterocycles. The molecule has 0 spiro atoms. The van der Waals surface area contributed by atoms with Crippen LogP contribution in [0.3, 0.4) is 0 Å². The Labute approximate surface area is 231 Å². The van der Waals surface area contributed by atoms with Crippen molar-refractivity contribution in [3.05, 3.63) is 24.8 Å². The standard InChI is InChI=1S/C28H50O8SSi/c1-8-18-32-26(29)16-12-10-9-11-15-22-23(21-34-38(6,7)28(2,3)4)24(20-25(22)36-37(5,30)31)35-27-17-13-14-19-33-27/h8-9,11,22-25,27H,1,10,12-21H2,2-7H3/b11-9-/t22-,23-,24-,25+,27?/m1/s1. The number of carbonyl (C=O) groups is 1. The summed E-state index contributed by atoms with van der Waals surface area (Å²) in [6.07, 6.45) is 11.6. The Morgan fingerprint density at radius 1 is 1.13 bits per heavy atom. The van der Waals surface area contributed by atoms with E-state index >= 15 is 0 Å². The average molecular weight is 575 g/mol. The summed E-state index contributed by atoms with van der Waals surface area (Å²) in [5.41, 5.74) is 0. The van der Waals surface area contributed by atoms with Crippen molar-refractivity contribution in [2.75, 3.05) is 26.1 Å². The Morgan fingerprint density at radius 3 is 2.47 bits per heavy atom. The molecule has 1 heterocycles. The number of hydrogen-bond donors (Lipinski definition) is 0. The molecule has 2 rings (SSSR count). The monoisotopic (exact) mass is 574 g/mol. The predicted molar refractivity (Wildman–Crippen MR) is 152 cm³/mol. The van der Waals surface area contributed by atoms with Crippen molar-refractivity contribution in [3.63, 3.8) is 0 Å². The summed E-state index contributed by atoms with van der Waals surface area (Å²) in [7, 11) is -5.68. The largest absolute Gasteiger partial charge is 0.461 e. The number of ether oxygens (including phenoxy) is 3. The molecule has 0 N–H and O–H groups in total. The number of esters is 1. The van der Waals surface area contributed by atoms with E-state index in [1.165, 1.54) is 0 Å². The zero-order chi connectivity index (χ0) is 28.4. The normalized spacial score (nSPS) is 27.1. The van der Waals surface area contributed by atoms with Gasteiger partial charge in [0.1, 0.15) is 6.61 Å². The summed E-state index contributed by atoms with van der Waals surface area (Å²) in [4.78, 5) is 11.7. The van der Waals surface area contributed by atoms with Gasteiger partial charge in [-0.1, -0.05) is 45.6 Å². The van der Waals surface area contributed by atoms with Gasteiger partial charge >= 0.3 is 5.97 Å². The Balaban J connectivity index is 2.14. The Morgan fingerprint density at radius 2 is 1.87 bits per heavy atom. The zero-order valence-electron chi connectivity index (χ0n) is 24.3. The van der Waals surface area contributed by atoms with E-state index in [1.54, 1.807) is 6.08 Å². The van der Waals surface area contributed by atoms with Crippen LogP contribution in [0.2, 0.25) is 18.1 Å². The van der Waals surface area contributed by atoms with Crippen LogP contribution in [0.5, 0.6) is 0 Å². The summed E-state index contributed by atoms with van der Waals surface area (Å²) in [5, 5.41) is 0.0549. The van der Waals surface area contributed by atoms with Gasteiger partial charge in [-0.15, -0.1) is 0 Å². The van der Waals surface area contributed by atoms with Crippen molar-refractivity contribution in [1.29, 1.82) is 0 Å². The number of allylic oxidation sites excluding steroid dienone is 2. The second-order valence-electron chi connectivity index (χ2n) is 12.0. The van der Waals surface area contributed by atoms with Crippen molar-refractivity contribution in [3.8, 4) is 0 Å². The van der Waals surface area contributed by atoms with Crippen LogP contribution >= 0.6 is 0 Å². The minimum Gasteiger partial charge on any atom is -0.461 e. The van der Waals surface area contributed by atoms with Crippen LogP contribution in [0, 0.1) is 11.8 Å². The van der Waals surface area contributed by atoms with E-state index in [0.29, 0.717) is 38.9 Å². The van der Waals surface area contributed by atoms with E-state index in [4.69, 9.17) is 22.8 Å². The molecule has 1 saturated carbocycles. The third kappa shape index (κ3) is 11.2. The molecule has 8 nitrogen and oxygen atoms in total.